The first-order valence-electron chi connectivity index (χ1n) is 8.84. The second-order valence-electron chi connectivity index (χ2n) is 6.20. The monoisotopic (exact) mass is 386 g/mol. The number of nitrogens with one attached hydrogen (secondary N) is 1. The molecule has 1 fully saturated rings. The van der Waals surface area contributed by atoms with Gasteiger partial charge in [0, 0.05) is 35.5 Å². The SMILES string of the molecule is O=C(O)/C=C\C(=O)O.O=C(c1ccc(OCCCc2cnc[nH]2)cc1)C1CC1. The van der Waals surface area contributed by atoms with Crippen molar-refractivity contribution in [1.29, 1.82) is 0 Å². The fourth-order valence-electron chi connectivity index (χ4n) is 2.31. The van der Waals surface area contributed by atoms with E-state index in [2.05, 4.69) is 9.97 Å². The molecule has 2 aromatic rings. The first kappa shape index (κ1) is 20.9. The van der Waals surface area contributed by atoms with Gasteiger partial charge in [0.25, 0.3) is 0 Å². The molecule has 0 atom stereocenters. The van der Waals surface area contributed by atoms with Crippen LogP contribution in [-0.2, 0) is 16.0 Å². The number of aromatic nitrogens is 2. The zero-order chi connectivity index (χ0) is 20.4. The fraction of sp³-hybridized carbons (Fsp3) is 0.300. The molecule has 1 heterocycles. The van der Waals surface area contributed by atoms with E-state index in [0.717, 1.165) is 42.7 Å². The van der Waals surface area contributed by atoms with Gasteiger partial charge in [-0.25, -0.2) is 14.6 Å². The van der Waals surface area contributed by atoms with Crippen molar-refractivity contribution in [3.8, 4) is 5.75 Å². The van der Waals surface area contributed by atoms with Crippen LogP contribution in [0.3, 0.4) is 0 Å². The van der Waals surface area contributed by atoms with Crippen LogP contribution in [0.4, 0.5) is 0 Å². The van der Waals surface area contributed by atoms with Crippen molar-refractivity contribution in [3.63, 3.8) is 0 Å². The van der Waals surface area contributed by atoms with Crippen LogP contribution in [0.1, 0.15) is 35.3 Å². The molecule has 0 amide bonds. The van der Waals surface area contributed by atoms with Gasteiger partial charge in [-0.3, -0.25) is 4.79 Å². The zero-order valence-corrected chi connectivity index (χ0v) is 15.2. The van der Waals surface area contributed by atoms with Crippen molar-refractivity contribution in [2.45, 2.75) is 25.7 Å². The smallest absolute Gasteiger partial charge is 0.328 e. The van der Waals surface area contributed by atoms with E-state index < -0.39 is 11.9 Å². The van der Waals surface area contributed by atoms with Gasteiger partial charge < -0.3 is 19.9 Å². The number of aromatic amines is 1. The van der Waals surface area contributed by atoms with Gasteiger partial charge in [-0.1, -0.05) is 0 Å². The first-order chi connectivity index (χ1) is 13.5. The fourth-order valence-corrected chi connectivity index (χ4v) is 2.31. The van der Waals surface area contributed by atoms with E-state index >= 15 is 0 Å². The number of hydrogen-bond donors (Lipinski definition) is 3. The number of carbonyl (C=O) groups excluding carboxylic acids is 1. The summed E-state index contributed by atoms with van der Waals surface area (Å²) in [6, 6.07) is 7.49. The van der Waals surface area contributed by atoms with Crippen molar-refractivity contribution in [2.24, 2.45) is 5.92 Å². The second kappa shape index (κ2) is 10.7. The van der Waals surface area contributed by atoms with Gasteiger partial charge in [0.1, 0.15) is 5.75 Å². The summed E-state index contributed by atoms with van der Waals surface area (Å²) < 4.78 is 5.67. The molecule has 1 aliphatic carbocycles. The summed E-state index contributed by atoms with van der Waals surface area (Å²) >= 11 is 0. The average molecular weight is 386 g/mol. The van der Waals surface area contributed by atoms with Gasteiger partial charge in [0.2, 0.25) is 0 Å². The maximum atomic E-state index is 11.9. The number of carbonyl (C=O) groups is 3. The molecule has 8 heteroatoms. The highest BCUT2D eigenvalue weighted by Crippen LogP contribution is 2.32. The number of hydrogen-bond acceptors (Lipinski definition) is 5. The number of benzene rings is 1. The summed E-state index contributed by atoms with van der Waals surface area (Å²) in [5, 5.41) is 15.6. The van der Waals surface area contributed by atoms with E-state index in [0.29, 0.717) is 18.8 Å². The van der Waals surface area contributed by atoms with Crippen molar-refractivity contribution < 1.29 is 29.3 Å². The molecular weight excluding hydrogens is 364 g/mol. The number of rotatable bonds is 9. The Morgan fingerprint density at radius 2 is 1.75 bits per heavy atom. The number of H-pyrrole nitrogens is 1. The third-order valence-electron chi connectivity index (χ3n) is 3.87. The van der Waals surface area contributed by atoms with Crippen LogP contribution < -0.4 is 4.74 Å². The third-order valence-corrected chi connectivity index (χ3v) is 3.87. The first-order valence-corrected chi connectivity index (χ1v) is 8.84. The number of aryl methyl sites for hydroxylation is 1. The molecule has 1 aromatic heterocycles. The molecule has 0 saturated heterocycles. The van der Waals surface area contributed by atoms with E-state index in [1.54, 1.807) is 6.33 Å². The van der Waals surface area contributed by atoms with Crippen molar-refractivity contribution in [1.82, 2.24) is 9.97 Å². The predicted octanol–water partition coefficient (Wildman–Crippen LogP) is 2.73. The molecule has 0 bridgehead atoms. The number of ether oxygens (including phenoxy) is 1. The molecule has 28 heavy (non-hydrogen) atoms. The number of ketones is 1. The normalized spacial score (nSPS) is 12.9. The molecular formula is C20H22N2O6. The van der Waals surface area contributed by atoms with Gasteiger partial charge in [-0.2, -0.15) is 0 Å². The van der Waals surface area contributed by atoms with E-state index in [1.807, 2.05) is 30.5 Å². The highest BCUT2D eigenvalue weighted by atomic mass is 16.5. The lowest BCUT2D eigenvalue weighted by Crippen LogP contribution is -2.02. The topological polar surface area (TPSA) is 130 Å². The van der Waals surface area contributed by atoms with Gasteiger partial charge in [-0.15, -0.1) is 0 Å². The molecule has 0 aliphatic heterocycles. The average Bonchev–Trinajstić information content (AvgIpc) is 3.40. The molecule has 0 spiro atoms. The Morgan fingerprint density at radius 3 is 2.25 bits per heavy atom. The van der Waals surface area contributed by atoms with Crippen LogP contribution in [0.15, 0.2) is 48.9 Å². The number of carboxylic acid groups (broad SMARTS) is 2. The highest BCUT2D eigenvalue weighted by molar-refractivity contribution is 5.99. The molecule has 3 rings (SSSR count). The quantitative estimate of drug-likeness (QED) is 0.343. The zero-order valence-electron chi connectivity index (χ0n) is 15.2. The van der Waals surface area contributed by atoms with Gasteiger partial charge in [-0.05, 0) is 49.9 Å². The van der Waals surface area contributed by atoms with Gasteiger partial charge in [0.15, 0.2) is 5.78 Å². The van der Waals surface area contributed by atoms with Gasteiger partial charge >= 0.3 is 11.9 Å². The molecule has 8 nitrogen and oxygen atoms in total. The van der Waals surface area contributed by atoms with Crippen molar-refractivity contribution in [3.05, 3.63) is 60.2 Å². The Kier molecular flexibility index (Phi) is 7.95. The number of carboxylic acids is 2. The van der Waals surface area contributed by atoms with Crippen LogP contribution in [0.2, 0.25) is 0 Å². The summed E-state index contributed by atoms with van der Waals surface area (Å²) in [6.45, 7) is 0.662. The highest BCUT2D eigenvalue weighted by Gasteiger charge is 2.30. The van der Waals surface area contributed by atoms with E-state index in [-0.39, 0.29) is 11.7 Å². The number of nitrogens with zero attached hydrogens (tertiary/aromatic N) is 1. The minimum Gasteiger partial charge on any atom is -0.494 e. The summed E-state index contributed by atoms with van der Waals surface area (Å²) in [5.74, 6) is -1.14. The second-order valence-corrected chi connectivity index (χ2v) is 6.20. The van der Waals surface area contributed by atoms with E-state index in [1.165, 1.54) is 0 Å². The van der Waals surface area contributed by atoms with Crippen LogP contribution in [0.5, 0.6) is 5.75 Å². The van der Waals surface area contributed by atoms with Crippen molar-refractivity contribution in [2.75, 3.05) is 6.61 Å². The van der Waals surface area contributed by atoms with Crippen molar-refractivity contribution >= 4 is 17.7 Å². The van der Waals surface area contributed by atoms with Gasteiger partial charge in [0.05, 0.1) is 12.9 Å². The maximum Gasteiger partial charge on any atom is 0.328 e. The summed E-state index contributed by atoms with van der Waals surface area (Å²) in [7, 11) is 0. The van der Waals surface area contributed by atoms with Crippen LogP contribution >= 0.6 is 0 Å². The summed E-state index contributed by atoms with van der Waals surface area (Å²) in [6.07, 6.45) is 8.59. The number of Topliss-reactive ketones (excluding diaryl/α,β-unsaturated/α-hetero) is 1. The molecule has 148 valence electrons. The minimum absolute atomic E-state index is 0.274. The number of imidazole rings is 1. The lowest BCUT2D eigenvalue weighted by atomic mass is 10.1. The predicted molar refractivity (Wildman–Crippen MR) is 100 cm³/mol. The molecule has 0 radical (unpaired) electrons. The lowest BCUT2D eigenvalue weighted by Gasteiger charge is -2.06. The Labute approximate surface area is 161 Å². The van der Waals surface area contributed by atoms with Crippen LogP contribution in [0.25, 0.3) is 0 Å². The number of aliphatic carboxylic acids is 2. The lowest BCUT2D eigenvalue weighted by molar-refractivity contribution is -0.134. The molecule has 3 N–H and O–H groups in total. The minimum atomic E-state index is -1.26. The Hall–Kier alpha value is -3.42. The Bertz CT molecular complexity index is 792. The largest absolute Gasteiger partial charge is 0.494 e. The van der Waals surface area contributed by atoms with E-state index in [4.69, 9.17) is 14.9 Å². The third kappa shape index (κ3) is 7.86. The standard InChI is InChI=1S/C16H18N2O2.C4H4O4/c19-16(12-3-4-12)13-5-7-15(8-6-13)20-9-1-2-14-10-17-11-18-14;5-3(6)1-2-4(7)8/h5-8,10-12H,1-4,9H2,(H,17,18);1-2H,(H,5,6)(H,7,8)/b;2-1-. The molecule has 0 unspecified atom stereocenters. The molecule has 1 aliphatic rings. The Morgan fingerprint density at radius 1 is 1.11 bits per heavy atom. The van der Waals surface area contributed by atoms with E-state index in [9.17, 15) is 14.4 Å². The molecule has 1 saturated carbocycles. The summed E-state index contributed by atoms with van der Waals surface area (Å²) in [5.41, 5.74) is 1.93. The van der Waals surface area contributed by atoms with Crippen LogP contribution in [-0.4, -0.2) is 44.5 Å². The van der Waals surface area contributed by atoms with Crippen LogP contribution in [0, 0.1) is 5.92 Å². The Balaban J connectivity index is 0.000000300. The maximum absolute atomic E-state index is 11.9. The summed E-state index contributed by atoms with van der Waals surface area (Å²) in [4.78, 5) is 38.0. The molecule has 1 aromatic carbocycles.